The first-order chi connectivity index (χ1) is 6.89. The Bertz CT molecular complexity index is 305. The van der Waals surface area contributed by atoms with E-state index >= 15 is 0 Å². The number of piperidine rings is 1. The molecule has 84 valence electrons. The average molecular weight is 211 g/mol. The molecule has 0 aromatic rings. The van der Waals surface area contributed by atoms with Crippen molar-refractivity contribution in [3.8, 4) is 0 Å². The van der Waals surface area contributed by atoms with Crippen LogP contribution in [0.2, 0.25) is 0 Å². The Morgan fingerprint density at radius 3 is 2.53 bits per heavy atom. The number of fused-ring (bicyclic) bond motifs is 3. The number of ether oxygens (including phenoxy) is 1. The molecule has 2 atom stereocenters. The van der Waals surface area contributed by atoms with E-state index in [4.69, 9.17) is 4.74 Å². The molecule has 0 saturated carbocycles. The van der Waals surface area contributed by atoms with E-state index in [1.807, 2.05) is 20.8 Å². The van der Waals surface area contributed by atoms with Gasteiger partial charge in [0.15, 0.2) is 0 Å². The molecule has 2 bridgehead atoms. The minimum absolute atomic E-state index is 0.0499. The summed E-state index contributed by atoms with van der Waals surface area (Å²) in [5.41, 5.74) is -0.419. The Balaban J connectivity index is 2.18. The van der Waals surface area contributed by atoms with Crippen LogP contribution in [0, 0.1) is 5.41 Å². The largest absolute Gasteiger partial charge is 0.459 e. The van der Waals surface area contributed by atoms with Gasteiger partial charge in [0, 0.05) is 5.41 Å². The molecule has 3 aliphatic rings. The van der Waals surface area contributed by atoms with Gasteiger partial charge in [-0.2, -0.15) is 0 Å². The topological polar surface area (TPSA) is 46.6 Å². The van der Waals surface area contributed by atoms with Crippen LogP contribution in [-0.2, 0) is 14.3 Å². The van der Waals surface area contributed by atoms with Crippen LogP contribution < -0.4 is 0 Å². The molecule has 0 radical (unpaired) electrons. The van der Waals surface area contributed by atoms with Gasteiger partial charge in [0.2, 0.25) is 5.91 Å². The SMILES string of the molecule is CC(C)(C)C(=O)N1C[C@@H]2CC[C@H]1C(=O)O2. The smallest absolute Gasteiger partial charge is 0.329 e. The number of hydrogen-bond donors (Lipinski definition) is 0. The van der Waals surface area contributed by atoms with E-state index in [1.165, 1.54) is 0 Å². The number of carbonyl (C=O) groups excluding carboxylic acids is 2. The zero-order valence-corrected chi connectivity index (χ0v) is 9.45. The van der Waals surface area contributed by atoms with E-state index < -0.39 is 5.41 Å². The van der Waals surface area contributed by atoms with E-state index in [9.17, 15) is 9.59 Å². The van der Waals surface area contributed by atoms with Crippen molar-refractivity contribution in [3.05, 3.63) is 0 Å². The maximum Gasteiger partial charge on any atom is 0.329 e. The number of rotatable bonds is 0. The standard InChI is InChI=1S/C11H17NO3/c1-11(2,3)10(14)12-6-7-4-5-8(12)9(13)15-7/h7-8H,4-6H2,1-3H3/t7-,8-/m0/s1. The van der Waals surface area contributed by atoms with E-state index in [2.05, 4.69) is 0 Å². The molecule has 4 heteroatoms. The second kappa shape index (κ2) is 3.22. The Morgan fingerprint density at radius 1 is 1.40 bits per heavy atom. The molecule has 4 nitrogen and oxygen atoms in total. The highest BCUT2D eigenvalue weighted by Gasteiger charge is 2.45. The van der Waals surface area contributed by atoms with Gasteiger partial charge in [0.1, 0.15) is 12.1 Å². The van der Waals surface area contributed by atoms with E-state index in [0.717, 1.165) is 12.8 Å². The van der Waals surface area contributed by atoms with Crippen molar-refractivity contribution in [1.29, 1.82) is 0 Å². The quantitative estimate of drug-likeness (QED) is 0.560. The van der Waals surface area contributed by atoms with Crippen molar-refractivity contribution in [3.63, 3.8) is 0 Å². The minimum atomic E-state index is -0.419. The highest BCUT2D eigenvalue weighted by atomic mass is 16.6. The second-order valence-electron chi connectivity index (χ2n) is 5.36. The number of amides is 1. The Hall–Kier alpha value is -1.06. The monoisotopic (exact) mass is 211 g/mol. The van der Waals surface area contributed by atoms with E-state index in [-0.39, 0.29) is 24.0 Å². The zero-order chi connectivity index (χ0) is 11.2. The number of esters is 1. The van der Waals surface area contributed by atoms with Gasteiger partial charge in [-0.25, -0.2) is 4.79 Å². The van der Waals surface area contributed by atoms with Crippen LogP contribution in [-0.4, -0.2) is 35.5 Å². The van der Waals surface area contributed by atoms with Gasteiger partial charge in [-0.15, -0.1) is 0 Å². The molecule has 3 saturated heterocycles. The van der Waals surface area contributed by atoms with Gasteiger partial charge < -0.3 is 9.64 Å². The van der Waals surface area contributed by atoms with Crippen LogP contribution in [0.5, 0.6) is 0 Å². The summed E-state index contributed by atoms with van der Waals surface area (Å²) >= 11 is 0. The Labute approximate surface area is 89.6 Å². The third kappa shape index (κ3) is 1.73. The molecule has 3 aliphatic heterocycles. The lowest BCUT2D eigenvalue weighted by molar-refractivity contribution is -0.183. The van der Waals surface area contributed by atoms with Gasteiger partial charge in [-0.05, 0) is 12.8 Å². The number of nitrogens with zero attached hydrogens (tertiary/aromatic N) is 1. The van der Waals surface area contributed by atoms with Crippen LogP contribution >= 0.6 is 0 Å². The third-order valence-electron chi connectivity index (χ3n) is 3.00. The lowest BCUT2D eigenvalue weighted by atomic mass is 9.89. The predicted octanol–water partition coefficient (Wildman–Crippen LogP) is 0.949. The van der Waals surface area contributed by atoms with Gasteiger partial charge >= 0.3 is 5.97 Å². The lowest BCUT2D eigenvalue weighted by Crippen LogP contribution is -2.61. The molecule has 0 aromatic heterocycles. The zero-order valence-electron chi connectivity index (χ0n) is 9.45. The van der Waals surface area contributed by atoms with E-state index in [1.54, 1.807) is 4.90 Å². The van der Waals surface area contributed by atoms with Crippen molar-refractivity contribution < 1.29 is 14.3 Å². The molecule has 1 amide bonds. The molecular formula is C11H17NO3. The first-order valence-corrected chi connectivity index (χ1v) is 5.41. The fourth-order valence-corrected chi connectivity index (χ4v) is 2.18. The summed E-state index contributed by atoms with van der Waals surface area (Å²) in [6.45, 7) is 6.21. The summed E-state index contributed by atoms with van der Waals surface area (Å²) in [5, 5.41) is 0. The van der Waals surface area contributed by atoms with Crippen molar-refractivity contribution >= 4 is 11.9 Å². The van der Waals surface area contributed by atoms with Crippen molar-refractivity contribution in [2.75, 3.05) is 6.54 Å². The highest BCUT2D eigenvalue weighted by Crippen LogP contribution is 2.30. The maximum absolute atomic E-state index is 12.1. The molecule has 0 spiro atoms. The van der Waals surface area contributed by atoms with Crippen LogP contribution in [0.3, 0.4) is 0 Å². The summed E-state index contributed by atoms with van der Waals surface area (Å²) in [7, 11) is 0. The second-order valence-corrected chi connectivity index (χ2v) is 5.36. The Kier molecular flexibility index (Phi) is 2.24. The van der Waals surface area contributed by atoms with Crippen molar-refractivity contribution in [2.45, 2.75) is 45.8 Å². The van der Waals surface area contributed by atoms with Gasteiger partial charge in [0.05, 0.1) is 6.54 Å². The van der Waals surface area contributed by atoms with E-state index in [0.29, 0.717) is 6.54 Å². The average Bonchev–Trinajstić information content (AvgIpc) is 2.15. The first-order valence-electron chi connectivity index (χ1n) is 5.41. The molecule has 15 heavy (non-hydrogen) atoms. The third-order valence-corrected chi connectivity index (χ3v) is 3.00. The molecule has 3 rings (SSSR count). The number of carbonyl (C=O) groups is 2. The fourth-order valence-electron chi connectivity index (χ4n) is 2.18. The van der Waals surface area contributed by atoms with Crippen LogP contribution in [0.15, 0.2) is 0 Å². The van der Waals surface area contributed by atoms with Gasteiger partial charge in [-0.3, -0.25) is 4.79 Å². The van der Waals surface area contributed by atoms with Crippen LogP contribution in [0.25, 0.3) is 0 Å². The summed E-state index contributed by atoms with van der Waals surface area (Å²) in [5.74, 6) is -0.177. The summed E-state index contributed by atoms with van der Waals surface area (Å²) in [6, 6.07) is -0.332. The summed E-state index contributed by atoms with van der Waals surface area (Å²) in [4.78, 5) is 25.2. The molecule has 0 aromatic carbocycles. The van der Waals surface area contributed by atoms with Crippen molar-refractivity contribution in [2.24, 2.45) is 5.41 Å². The molecule has 3 fully saturated rings. The minimum Gasteiger partial charge on any atom is -0.459 e. The molecule has 0 unspecified atom stereocenters. The normalized spacial score (nSPS) is 30.3. The fraction of sp³-hybridized carbons (Fsp3) is 0.818. The predicted molar refractivity (Wildman–Crippen MR) is 54.1 cm³/mol. The molecule has 0 aliphatic carbocycles. The molecular weight excluding hydrogens is 194 g/mol. The number of hydrogen-bond acceptors (Lipinski definition) is 3. The molecule has 3 heterocycles. The summed E-state index contributed by atoms with van der Waals surface area (Å²) < 4.78 is 5.15. The summed E-state index contributed by atoms with van der Waals surface area (Å²) in [6.07, 6.45) is 1.57. The lowest BCUT2D eigenvalue weighted by Gasteiger charge is -2.45. The van der Waals surface area contributed by atoms with Crippen LogP contribution in [0.4, 0.5) is 0 Å². The molecule has 0 N–H and O–H groups in total. The number of morpholine rings is 1. The van der Waals surface area contributed by atoms with Gasteiger partial charge in [0.25, 0.3) is 0 Å². The van der Waals surface area contributed by atoms with Gasteiger partial charge in [-0.1, -0.05) is 20.8 Å². The van der Waals surface area contributed by atoms with Crippen LogP contribution in [0.1, 0.15) is 33.6 Å². The Morgan fingerprint density at radius 2 is 2.07 bits per heavy atom. The first kappa shape index (κ1) is 10.5. The van der Waals surface area contributed by atoms with Crippen molar-refractivity contribution in [1.82, 2.24) is 4.90 Å². The highest BCUT2D eigenvalue weighted by molar-refractivity contribution is 5.88. The maximum atomic E-state index is 12.1.